The molecule has 0 atom stereocenters. The third-order valence-corrected chi connectivity index (χ3v) is 2.40. The fraction of sp³-hybridized carbons (Fsp3) is 0.231. The van der Waals surface area contributed by atoms with Crippen LogP contribution in [0.1, 0.15) is 11.3 Å². The summed E-state index contributed by atoms with van der Waals surface area (Å²) >= 11 is 0. The van der Waals surface area contributed by atoms with E-state index in [0.29, 0.717) is 6.54 Å². The van der Waals surface area contributed by atoms with E-state index < -0.39 is 5.82 Å². The molecule has 1 aromatic carbocycles. The predicted molar refractivity (Wildman–Crippen MR) is 62.2 cm³/mol. The van der Waals surface area contributed by atoms with Crippen LogP contribution < -0.4 is 5.32 Å². The van der Waals surface area contributed by atoms with Crippen LogP contribution in [0.4, 0.5) is 4.39 Å². The minimum absolute atomic E-state index is 0.0483. The number of furan rings is 1. The van der Waals surface area contributed by atoms with E-state index in [2.05, 4.69) is 5.32 Å². The Bertz CT molecular complexity index is 448. The van der Waals surface area contributed by atoms with E-state index in [0.717, 1.165) is 30.4 Å². The lowest BCUT2D eigenvalue weighted by Gasteiger charge is -2.04. The standard InChI is InChI=1S/C13H14FNO2/c14-11-6-10(7-12(16)8-11)9-15-4-3-13-2-1-5-17-13/h1-2,5-8,15-16H,3-4,9H2. The lowest BCUT2D eigenvalue weighted by molar-refractivity contribution is 0.467. The van der Waals surface area contributed by atoms with Crippen LogP contribution in [0.2, 0.25) is 0 Å². The maximum atomic E-state index is 13.0. The first kappa shape index (κ1) is 11.7. The minimum atomic E-state index is -0.423. The molecule has 0 fully saturated rings. The monoisotopic (exact) mass is 235 g/mol. The molecule has 0 saturated heterocycles. The normalized spacial score (nSPS) is 10.6. The van der Waals surface area contributed by atoms with Crippen molar-refractivity contribution in [3.63, 3.8) is 0 Å². The number of benzene rings is 1. The van der Waals surface area contributed by atoms with Gasteiger partial charge in [0.15, 0.2) is 0 Å². The second-order valence-corrected chi connectivity index (χ2v) is 3.82. The van der Waals surface area contributed by atoms with Crippen LogP contribution in [0, 0.1) is 5.82 Å². The van der Waals surface area contributed by atoms with Crippen LogP contribution in [0.5, 0.6) is 5.75 Å². The van der Waals surface area contributed by atoms with Gasteiger partial charge in [-0.25, -0.2) is 4.39 Å². The molecule has 0 unspecified atom stereocenters. The lowest BCUT2D eigenvalue weighted by atomic mass is 10.2. The summed E-state index contributed by atoms with van der Waals surface area (Å²) in [6.45, 7) is 1.26. The van der Waals surface area contributed by atoms with Gasteiger partial charge in [0.1, 0.15) is 17.3 Å². The molecule has 1 heterocycles. The molecular formula is C13H14FNO2. The molecule has 2 rings (SSSR count). The summed E-state index contributed by atoms with van der Waals surface area (Å²) < 4.78 is 18.1. The molecule has 17 heavy (non-hydrogen) atoms. The van der Waals surface area contributed by atoms with E-state index >= 15 is 0 Å². The summed E-state index contributed by atoms with van der Waals surface area (Å²) in [4.78, 5) is 0. The van der Waals surface area contributed by atoms with Gasteiger partial charge in [-0.1, -0.05) is 0 Å². The number of halogens is 1. The summed E-state index contributed by atoms with van der Waals surface area (Å²) in [6, 6.07) is 7.80. The molecule has 90 valence electrons. The molecule has 0 aliphatic heterocycles. The maximum absolute atomic E-state index is 13.0. The fourth-order valence-electron chi connectivity index (χ4n) is 1.63. The quantitative estimate of drug-likeness (QED) is 0.782. The third kappa shape index (κ3) is 3.60. The van der Waals surface area contributed by atoms with Crippen LogP contribution in [-0.4, -0.2) is 11.7 Å². The molecule has 4 heteroatoms. The maximum Gasteiger partial charge on any atom is 0.127 e. The van der Waals surface area contributed by atoms with Crippen molar-refractivity contribution >= 4 is 0 Å². The number of aromatic hydroxyl groups is 1. The number of hydrogen-bond acceptors (Lipinski definition) is 3. The van der Waals surface area contributed by atoms with Gasteiger partial charge >= 0.3 is 0 Å². The molecule has 0 bridgehead atoms. The summed E-state index contributed by atoms with van der Waals surface area (Å²) in [5.74, 6) is 0.445. The SMILES string of the molecule is Oc1cc(F)cc(CNCCc2ccco2)c1. The van der Waals surface area contributed by atoms with Crippen LogP contribution in [0.15, 0.2) is 41.0 Å². The second-order valence-electron chi connectivity index (χ2n) is 3.82. The topological polar surface area (TPSA) is 45.4 Å². The Morgan fingerprint density at radius 1 is 1.29 bits per heavy atom. The molecule has 2 N–H and O–H groups in total. The molecule has 0 aliphatic rings. The third-order valence-electron chi connectivity index (χ3n) is 2.40. The van der Waals surface area contributed by atoms with Crippen molar-refractivity contribution in [1.82, 2.24) is 5.32 Å². The number of hydrogen-bond donors (Lipinski definition) is 2. The number of rotatable bonds is 5. The van der Waals surface area contributed by atoms with E-state index in [9.17, 15) is 9.50 Å². The average molecular weight is 235 g/mol. The average Bonchev–Trinajstić information content (AvgIpc) is 2.76. The van der Waals surface area contributed by atoms with Gasteiger partial charge < -0.3 is 14.8 Å². The van der Waals surface area contributed by atoms with E-state index in [1.54, 1.807) is 12.3 Å². The zero-order chi connectivity index (χ0) is 12.1. The smallest absolute Gasteiger partial charge is 0.127 e. The first-order valence-corrected chi connectivity index (χ1v) is 5.45. The van der Waals surface area contributed by atoms with Gasteiger partial charge in [0.2, 0.25) is 0 Å². The van der Waals surface area contributed by atoms with Gasteiger partial charge in [-0.05, 0) is 29.8 Å². The van der Waals surface area contributed by atoms with Crippen LogP contribution in [0.3, 0.4) is 0 Å². The Morgan fingerprint density at radius 2 is 2.18 bits per heavy atom. The van der Waals surface area contributed by atoms with Gasteiger partial charge in [0.25, 0.3) is 0 Å². The van der Waals surface area contributed by atoms with E-state index in [4.69, 9.17) is 4.42 Å². The van der Waals surface area contributed by atoms with Crippen molar-refractivity contribution in [2.45, 2.75) is 13.0 Å². The van der Waals surface area contributed by atoms with Gasteiger partial charge in [0, 0.05) is 25.6 Å². The van der Waals surface area contributed by atoms with E-state index in [1.807, 2.05) is 12.1 Å². The molecule has 3 nitrogen and oxygen atoms in total. The molecule has 0 spiro atoms. The van der Waals surface area contributed by atoms with Gasteiger partial charge in [-0.15, -0.1) is 0 Å². The Hall–Kier alpha value is -1.81. The largest absolute Gasteiger partial charge is 0.508 e. The first-order chi connectivity index (χ1) is 8.24. The molecule has 0 saturated carbocycles. The number of phenols is 1. The summed E-state index contributed by atoms with van der Waals surface area (Å²) in [6.07, 6.45) is 2.42. The first-order valence-electron chi connectivity index (χ1n) is 5.45. The molecule has 0 radical (unpaired) electrons. The zero-order valence-corrected chi connectivity index (χ0v) is 9.32. The number of phenolic OH excluding ortho intramolecular Hbond substituents is 1. The Morgan fingerprint density at radius 3 is 2.88 bits per heavy atom. The molecule has 2 aromatic rings. The van der Waals surface area contributed by atoms with Gasteiger partial charge in [-0.2, -0.15) is 0 Å². The van der Waals surface area contributed by atoms with Crippen molar-refractivity contribution in [1.29, 1.82) is 0 Å². The Labute approximate surface area is 98.9 Å². The van der Waals surface area contributed by atoms with E-state index in [-0.39, 0.29) is 5.75 Å². The van der Waals surface area contributed by atoms with Crippen LogP contribution >= 0.6 is 0 Å². The molecule has 0 amide bonds. The zero-order valence-electron chi connectivity index (χ0n) is 9.32. The highest BCUT2D eigenvalue weighted by Gasteiger charge is 2.00. The van der Waals surface area contributed by atoms with Gasteiger partial charge in [-0.3, -0.25) is 0 Å². The van der Waals surface area contributed by atoms with Gasteiger partial charge in [0.05, 0.1) is 6.26 Å². The fourth-order valence-corrected chi connectivity index (χ4v) is 1.63. The number of nitrogens with one attached hydrogen (secondary N) is 1. The van der Waals surface area contributed by atoms with Crippen molar-refractivity contribution in [3.05, 3.63) is 53.7 Å². The molecule has 0 aliphatic carbocycles. The minimum Gasteiger partial charge on any atom is -0.508 e. The highest BCUT2D eigenvalue weighted by Crippen LogP contribution is 2.14. The van der Waals surface area contributed by atoms with Crippen molar-refractivity contribution in [2.24, 2.45) is 0 Å². The Balaban J connectivity index is 1.78. The Kier molecular flexibility index (Phi) is 3.77. The summed E-state index contributed by atoms with van der Waals surface area (Å²) in [5.41, 5.74) is 0.724. The van der Waals surface area contributed by atoms with Crippen molar-refractivity contribution in [2.75, 3.05) is 6.54 Å². The van der Waals surface area contributed by atoms with Crippen LogP contribution in [0.25, 0.3) is 0 Å². The van der Waals surface area contributed by atoms with Crippen LogP contribution in [-0.2, 0) is 13.0 Å². The predicted octanol–water partition coefficient (Wildman–Crippen LogP) is 2.46. The summed E-state index contributed by atoms with van der Waals surface area (Å²) in [7, 11) is 0. The second kappa shape index (κ2) is 5.50. The van der Waals surface area contributed by atoms with Crippen molar-refractivity contribution < 1.29 is 13.9 Å². The lowest BCUT2D eigenvalue weighted by Crippen LogP contribution is -2.16. The molecular weight excluding hydrogens is 221 g/mol. The van der Waals surface area contributed by atoms with Crippen molar-refractivity contribution in [3.8, 4) is 5.75 Å². The highest BCUT2D eigenvalue weighted by atomic mass is 19.1. The highest BCUT2D eigenvalue weighted by molar-refractivity contribution is 5.28. The van der Waals surface area contributed by atoms with E-state index in [1.165, 1.54) is 6.07 Å². The summed E-state index contributed by atoms with van der Waals surface area (Å²) in [5, 5.41) is 12.4. The molecule has 1 aromatic heterocycles.